The molecular formula is C20H18N4O2. The van der Waals surface area contributed by atoms with E-state index in [2.05, 4.69) is 15.9 Å². The lowest BCUT2D eigenvalue weighted by Crippen LogP contribution is -2.24. The summed E-state index contributed by atoms with van der Waals surface area (Å²) in [6.07, 6.45) is 3.85. The van der Waals surface area contributed by atoms with Gasteiger partial charge >= 0.3 is 0 Å². The number of nitrogens with two attached hydrogens (primary N) is 2. The Morgan fingerprint density at radius 3 is 2.69 bits per heavy atom. The standard InChI is InChI=1S/C20H18N4O2/c1-23-14-8-9-18(26-2)17(11-14)15-5-3-4-12-6-7-13(10-16(12)15)19(25)24-20(21)22/h5-11H,3-4H2,2H3,(H4,21,22,24,25). The number of carbonyl (C=O) groups excluding carboxylic acids is 1. The molecule has 0 saturated carbocycles. The summed E-state index contributed by atoms with van der Waals surface area (Å²) in [4.78, 5) is 19.3. The zero-order valence-electron chi connectivity index (χ0n) is 14.3. The fraction of sp³-hybridized carbons (Fsp3) is 0.150. The van der Waals surface area contributed by atoms with E-state index in [9.17, 15) is 4.79 Å². The number of benzene rings is 2. The van der Waals surface area contributed by atoms with Gasteiger partial charge in [0, 0.05) is 11.1 Å². The van der Waals surface area contributed by atoms with Gasteiger partial charge in [0.25, 0.3) is 5.91 Å². The Kier molecular flexibility index (Phi) is 4.72. The molecule has 0 radical (unpaired) electrons. The maximum absolute atomic E-state index is 12.2. The van der Waals surface area contributed by atoms with Crippen LogP contribution in [0.1, 0.15) is 33.5 Å². The molecule has 0 unspecified atom stereocenters. The van der Waals surface area contributed by atoms with E-state index < -0.39 is 5.91 Å². The second-order valence-electron chi connectivity index (χ2n) is 5.87. The topological polar surface area (TPSA) is 95.1 Å². The van der Waals surface area contributed by atoms with Gasteiger partial charge in [0.05, 0.1) is 13.7 Å². The van der Waals surface area contributed by atoms with Gasteiger partial charge in [0.2, 0.25) is 0 Å². The Morgan fingerprint density at radius 2 is 2.00 bits per heavy atom. The van der Waals surface area contributed by atoms with Gasteiger partial charge in [-0.2, -0.15) is 4.99 Å². The zero-order chi connectivity index (χ0) is 18.7. The number of rotatable bonds is 3. The highest BCUT2D eigenvalue weighted by Crippen LogP contribution is 2.38. The monoisotopic (exact) mass is 346 g/mol. The third kappa shape index (κ3) is 3.28. The van der Waals surface area contributed by atoms with Crippen LogP contribution in [0.25, 0.3) is 10.4 Å². The largest absolute Gasteiger partial charge is 0.496 e. The average molecular weight is 346 g/mol. The van der Waals surface area contributed by atoms with Gasteiger partial charge in [-0.3, -0.25) is 4.79 Å². The van der Waals surface area contributed by atoms with Crippen molar-refractivity contribution in [2.45, 2.75) is 12.8 Å². The molecule has 0 aromatic heterocycles. The van der Waals surface area contributed by atoms with Gasteiger partial charge in [-0.05, 0) is 53.8 Å². The number of amides is 1. The van der Waals surface area contributed by atoms with E-state index in [1.165, 1.54) is 0 Å². The summed E-state index contributed by atoms with van der Waals surface area (Å²) in [6.45, 7) is 7.26. The van der Waals surface area contributed by atoms with Crippen LogP contribution in [-0.2, 0) is 6.42 Å². The Hall–Kier alpha value is -3.59. The number of aryl methyl sites for hydroxylation is 1. The molecule has 2 aromatic rings. The molecule has 0 heterocycles. The van der Waals surface area contributed by atoms with Crippen LogP contribution in [0.3, 0.4) is 0 Å². The Morgan fingerprint density at radius 1 is 1.19 bits per heavy atom. The first kappa shape index (κ1) is 17.2. The number of hydrogen-bond donors (Lipinski definition) is 2. The van der Waals surface area contributed by atoms with Crippen molar-refractivity contribution in [2.24, 2.45) is 16.5 Å². The minimum Gasteiger partial charge on any atom is -0.496 e. The number of allylic oxidation sites excluding steroid dienone is 1. The number of guanidine groups is 1. The summed E-state index contributed by atoms with van der Waals surface area (Å²) >= 11 is 0. The fourth-order valence-electron chi connectivity index (χ4n) is 3.07. The minimum absolute atomic E-state index is 0.269. The van der Waals surface area contributed by atoms with Gasteiger partial charge in [0.15, 0.2) is 11.6 Å². The van der Waals surface area contributed by atoms with Crippen LogP contribution in [0, 0.1) is 6.57 Å². The van der Waals surface area contributed by atoms with Crippen molar-refractivity contribution in [3.05, 3.63) is 76.1 Å². The van der Waals surface area contributed by atoms with E-state index in [0.29, 0.717) is 17.0 Å². The van der Waals surface area contributed by atoms with E-state index in [0.717, 1.165) is 35.1 Å². The third-order valence-corrected chi connectivity index (χ3v) is 4.24. The molecule has 0 atom stereocenters. The first-order valence-corrected chi connectivity index (χ1v) is 8.06. The third-order valence-electron chi connectivity index (χ3n) is 4.24. The summed E-state index contributed by atoms with van der Waals surface area (Å²) in [5, 5.41) is 0. The minimum atomic E-state index is -0.486. The molecule has 3 rings (SSSR count). The summed E-state index contributed by atoms with van der Waals surface area (Å²) in [6, 6.07) is 10.7. The van der Waals surface area contributed by atoms with Crippen LogP contribution in [0.5, 0.6) is 5.75 Å². The number of methoxy groups -OCH3 is 1. The molecule has 130 valence electrons. The predicted octanol–water partition coefficient (Wildman–Crippen LogP) is 3.04. The lowest BCUT2D eigenvalue weighted by molar-refractivity contribution is 0.100. The molecule has 1 aliphatic carbocycles. The van der Waals surface area contributed by atoms with Gasteiger partial charge in [-0.25, -0.2) is 4.85 Å². The molecule has 26 heavy (non-hydrogen) atoms. The van der Waals surface area contributed by atoms with Crippen LogP contribution in [0.4, 0.5) is 5.69 Å². The first-order chi connectivity index (χ1) is 12.5. The molecule has 6 nitrogen and oxygen atoms in total. The van der Waals surface area contributed by atoms with Crippen molar-refractivity contribution < 1.29 is 9.53 Å². The summed E-state index contributed by atoms with van der Waals surface area (Å²) in [5.74, 6) is -0.0769. The highest BCUT2D eigenvalue weighted by Gasteiger charge is 2.19. The van der Waals surface area contributed by atoms with Crippen molar-refractivity contribution in [1.29, 1.82) is 0 Å². The normalized spacial score (nSPS) is 12.4. The van der Waals surface area contributed by atoms with Crippen LogP contribution in [0.15, 0.2) is 47.5 Å². The second-order valence-corrected chi connectivity index (χ2v) is 5.87. The van der Waals surface area contributed by atoms with E-state index in [1.54, 1.807) is 37.4 Å². The van der Waals surface area contributed by atoms with Crippen molar-refractivity contribution in [1.82, 2.24) is 0 Å². The number of aliphatic imine (C=N–C) groups is 1. The molecule has 0 aliphatic heterocycles. The Balaban J connectivity index is 2.14. The van der Waals surface area contributed by atoms with Crippen LogP contribution in [0.2, 0.25) is 0 Å². The number of carbonyl (C=O) groups is 1. The van der Waals surface area contributed by atoms with E-state index in [-0.39, 0.29) is 5.96 Å². The molecule has 6 heteroatoms. The van der Waals surface area contributed by atoms with Crippen molar-refractivity contribution in [3.63, 3.8) is 0 Å². The van der Waals surface area contributed by atoms with Crippen molar-refractivity contribution in [2.75, 3.05) is 7.11 Å². The van der Waals surface area contributed by atoms with Crippen molar-refractivity contribution >= 4 is 23.1 Å². The van der Waals surface area contributed by atoms with E-state index in [1.807, 2.05) is 6.07 Å². The number of hydrogen-bond acceptors (Lipinski definition) is 2. The average Bonchev–Trinajstić information content (AvgIpc) is 2.66. The SMILES string of the molecule is [C-]#[N+]c1ccc(OC)c(C2=CCCc3ccc(C(=O)N=C(N)N)cc32)c1. The molecule has 0 bridgehead atoms. The highest BCUT2D eigenvalue weighted by atomic mass is 16.5. The Bertz CT molecular complexity index is 980. The van der Waals surface area contributed by atoms with Gasteiger partial charge < -0.3 is 16.2 Å². The van der Waals surface area contributed by atoms with Crippen molar-refractivity contribution in [3.8, 4) is 5.75 Å². The Labute approximate surface area is 151 Å². The van der Waals surface area contributed by atoms with Crippen LogP contribution >= 0.6 is 0 Å². The molecular weight excluding hydrogens is 328 g/mol. The smallest absolute Gasteiger partial charge is 0.280 e. The van der Waals surface area contributed by atoms with Gasteiger partial charge in [0.1, 0.15) is 5.75 Å². The van der Waals surface area contributed by atoms with E-state index >= 15 is 0 Å². The van der Waals surface area contributed by atoms with E-state index in [4.69, 9.17) is 22.8 Å². The van der Waals surface area contributed by atoms with Crippen LogP contribution in [-0.4, -0.2) is 19.0 Å². The maximum Gasteiger partial charge on any atom is 0.280 e. The second kappa shape index (κ2) is 7.11. The molecule has 0 fully saturated rings. The van der Waals surface area contributed by atoms with Crippen LogP contribution < -0.4 is 16.2 Å². The lowest BCUT2D eigenvalue weighted by Gasteiger charge is -2.21. The number of ether oxygens (including phenoxy) is 1. The molecule has 4 N–H and O–H groups in total. The van der Waals surface area contributed by atoms with Gasteiger partial charge in [-0.15, -0.1) is 0 Å². The summed E-state index contributed by atoms with van der Waals surface area (Å²) in [5.41, 5.74) is 15.4. The molecule has 1 amide bonds. The number of nitrogens with zero attached hydrogens (tertiary/aromatic N) is 2. The zero-order valence-corrected chi connectivity index (χ0v) is 14.3. The molecule has 0 saturated heterocycles. The quantitative estimate of drug-likeness (QED) is 0.507. The predicted molar refractivity (Wildman–Crippen MR) is 101 cm³/mol. The summed E-state index contributed by atoms with van der Waals surface area (Å²) < 4.78 is 5.48. The molecule has 1 aliphatic rings. The highest BCUT2D eigenvalue weighted by molar-refractivity contribution is 6.03. The van der Waals surface area contributed by atoms with Gasteiger partial charge in [-0.1, -0.05) is 18.2 Å². The number of fused-ring (bicyclic) bond motifs is 1. The fourth-order valence-corrected chi connectivity index (χ4v) is 3.07. The molecule has 0 spiro atoms. The summed E-state index contributed by atoms with van der Waals surface area (Å²) in [7, 11) is 1.60. The first-order valence-electron chi connectivity index (χ1n) is 8.06. The molecule has 2 aromatic carbocycles. The lowest BCUT2D eigenvalue weighted by atomic mass is 9.85. The maximum atomic E-state index is 12.2.